The molecule has 0 aliphatic rings. The number of aliphatic hydroxyl groups is 1. The van der Waals surface area contributed by atoms with Crippen molar-refractivity contribution in [2.75, 3.05) is 23.0 Å². The van der Waals surface area contributed by atoms with Gasteiger partial charge in [-0.1, -0.05) is 0 Å². The largest absolute Gasteiger partial charge is 0.433 e. The molecule has 2 rings (SSSR count). The van der Waals surface area contributed by atoms with Crippen molar-refractivity contribution in [3.05, 3.63) is 41.6 Å². The molecule has 0 bridgehead atoms. The van der Waals surface area contributed by atoms with Crippen LogP contribution in [-0.4, -0.2) is 33.6 Å². The molecule has 1 amide bonds. The molecule has 0 unspecified atom stereocenters. The minimum atomic E-state index is -4.72. The second-order valence-corrected chi connectivity index (χ2v) is 5.26. The van der Waals surface area contributed by atoms with E-state index in [9.17, 15) is 18.0 Å². The Morgan fingerprint density at radius 2 is 1.92 bits per heavy atom. The van der Waals surface area contributed by atoms with Gasteiger partial charge in [-0.25, -0.2) is 4.98 Å². The van der Waals surface area contributed by atoms with Gasteiger partial charge in [0.2, 0.25) is 5.95 Å². The average molecular weight is 355 g/mol. The number of hydrogen-bond acceptors (Lipinski definition) is 6. The Morgan fingerprint density at radius 3 is 2.48 bits per heavy atom. The first-order valence-electron chi connectivity index (χ1n) is 7.19. The molecule has 10 heteroatoms. The number of carbonyl (C=O) groups is 1. The normalized spacial score (nSPS) is 12.5. The molecule has 25 heavy (non-hydrogen) atoms. The van der Waals surface area contributed by atoms with E-state index in [1.54, 1.807) is 0 Å². The molecule has 1 aromatic carbocycles. The summed E-state index contributed by atoms with van der Waals surface area (Å²) >= 11 is 0. The van der Waals surface area contributed by atoms with Crippen LogP contribution in [0.4, 0.5) is 30.6 Å². The van der Waals surface area contributed by atoms with E-state index in [0.29, 0.717) is 11.8 Å². The Hall–Kier alpha value is -2.88. The summed E-state index contributed by atoms with van der Waals surface area (Å²) in [5, 5.41) is 13.8. The zero-order valence-electron chi connectivity index (χ0n) is 13.1. The zero-order valence-corrected chi connectivity index (χ0v) is 13.1. The summed E-state index contributed by atoms with van der Waals surface area (Å²) in [5.74, 6) is -1.33. The number of rotatable bonds is 5. The van der Waals surface area contributed by atoms with Crippen LogP contribution in [0.1, 0.15) is 23.0 Å². The van der Waals surface area contributed by atoms with Gasteiger partial charge in [-0.05, 0) is 31.2 Å². The minimum Gasteiger partial charge on any atom is -0.399 e. The number of nitrogen functional groups attached to an aromatic ring is 1. The number of alkyl halides is 3. The molecule has 134 valence electrons. The summed E-state index contributed by atoms with van der Waals surface area (Å²) in [5.41, 5.74) is 4.96. The first-order chi connectivity index (χ1) is 11.7. The molecule has 0 saturated carbocycles. The van der Waals surface area contributed by atoms with E-state index in [4.69, 9.17) is 10.8 Å². The number of aliphatic hydroxyl groups excluding tert-OH is 1. The molecule has 1 aromatic heterocycles. The maximum Gasteiger partial charge on any atom is 0.433 e. The molecule has 0 radical (unpaired) electrons. The number of nitrogens with one attached hydrogen (secondary N) is 2. The van der Waals surface area contributed by atoms with E-state index >= 15 is 0 Å². The molecule has 0 spiro atoms. The van der Waals surface area contributed by atoms with Gasteiger partial charge < -0.3 is 21.5 Å². The van der Waals surface area contributed by atoms with Gasteiger partial charge >= 0.3 is 6.18 Å². The van der Waals surface area contributed by atoms with Crippen molar-refractivity contribution in [2.24, 2.45) is 0 Å². The lowest BCUT2D eigenvalue weighted by molar-refractivity contribution is -0.141. The fourth-order valence-corrected chi connectivity index (χ4v) is 1.81. The van der Waals surface area contributed by atoms with Crippen LogP contribution in [0, 0.1) is 0 Å². The smallest absolute Gasteiger partial charge is 0.399 e. The summed E-state index contributed by atoms with van der Waals surface area (Å²) in [6.07, 6.45) is -4.72. The summed E-state index contributed by atoms with van der Waals surface area (Å²) in [6.45, 7) is 1.21. The first kappa shape index (κ1) is 18.5. The number of hydrogen-bond donors (Lipinski definition) is 4. The number of aromatic nitrogens is 2. The predicted molar refractivity (Wildman–Crippen MR) is 86.0 cm³/mol. The third-order valence-electron chi connectivity index (χ3n) is 3.08. The number of amides is 1. The van der Waals surface area contributed by atoms with Crippen LogP contribution in [0.15, 0.2) is 30.3 Å². The van der Waals surface area contributed by atoms with Crippen LogP contribution in [0.5, 0.6) is 0 Å². The Balaban J connectivity index is 2.30. The molecule has 1 heterocycles. The number of halogens is 3. The number of nitrogens with two attached hydrogens (primary N) is 1. The van der Waals surface area contributed by atoms with E-state index in [2.05, 4.69) is 20.6 Å². The van der Waals surface area contributed by atoms with Crippen molar-refractivity contribution >= 4 is 23.4 Å². The molecule has 5 N–H and O–H groups in total. The van der Waals surface area contributed by atoms with Gasteiger partial charge in [0.25, 0.3) is 5.91 Å². The SMILES string of the molecule is C[C@H](CO)Nc1nc(NC(=O)c2ccc(N)cc2)cc(C(F)(F)F)n1. The Labute approximate surface area is 141 Å². The number of anilines is 3. The quantitative estimate of drug-likeness (QED) is 0.611. The van der Waals surface area contributed by atoms with Crippen LogP contribution < -0.4 is 16.4 Å². The highest BCUT2D eigenvalue weighted by molar-refractivity contribution is 6.04. The van der Waals surface area contributed by atoms with Gasteiger partial charge in [0, 0.05) is 23.4 Å². The molecule has 2 aromatic rings. The maximum atomic E-state index is 13.0. The lowest BCUT2D eigenvalue weighted by Gasteiger charge is -2.14. The number of carbonyl (C=O) groups excluding carboxylic acids is 1. The second-order valence-electron chi connectivity index (χ2n) is 5.26. The van der Waals surface area contributed by atoms with Crippen molar-refractivity contribution in [2.45, 2.75) is 19.1 Å². The van der Waals surface area contributed by atoms with Crippen molar-refractivity contribution in [3.8, 4) is 0 Å². The van der Waals surface area contributed by atoms with Crippen molar-refractivity contribution in [3.63, 3.8) is 0 Å². The van der Waals surface area contributed by atoms with Gasteiger partial charge in [-0.2, -0.15) is 18.2 Å². The summed E-state index contributed by atoms with van der Waals surface area (Å²) in [7, 11) is 0. The fourth-order valence-electron chi connectivity index (χ4n) is 1.81. The zero-order chi connectivity index (χ0) is 18.6. The maximum absolute atomic E-state index is 13.0. The van der Waals surface area contributed by atoms with Crippen LogP contribution in [0.3, 0.4) is 0 Å². The van der Waals surface area contributed by atoms with Gasteiger partial charge in [-0.15, -0.1) is 0 Å². The van der Waals surface area contributed by atoms with Crippen LogP contribution in [-0.2, 0) is 6.18 Å². The molecule has 0 aliphatic carbocycles. The van der Waals surface area contributed by atoms with Crippen molar-refractivity contribution in [1.82, 2.24) is 9.97 Å². The molecule has 7 nitrogen and oxygen atoms in total. The topological polar surface area (TPSA) is 113 Å². The highest BCUT2D eigenvalue weighted by atomic mass is 19.4. The minimum absolute atomic E-state index is 0.208. The molecule has 0 fully saturated rings. The Bertz CT molecular complexity index is 750. The van der Waals surface area contributed by atoms with Crippen LogP contribution in [0.25, 0.3) is 0 Å². The number of nitrogens with zero attached hydrogens (tertiary/aromatic N) is 2. The van der Waals surface area contributed by atoms with Gasteiger partial charge in [0.05, 0.1) is 6.61 Å². The molecular formula is C15H16F3N5O2. The van der Waals surface area contributed by atoms with E-state index < -0.39 is 23.8 Å². The van der Waals surface area contributed by atoms with Crippen LogP contribution in [0.2, 0.25) is 0 Å². The van der Waals surface area contributed by atoms with Gasteiger partial charge in [0.1, 0.15) is 5.82 Å². The van der Waals surface area contributed by atoms with Gasteiger partial charge in [0.15, 0.2) is 5.69 Å². The molecular weight excluding hydrogens is 339 g/mol. The predicted octanol–water partition coefficient (Wildman–Crippen LogP) is 2.12. The van der Waals surface area contributed by atoms with Gasteiger partial charge in [-0.3, -0.25) is 4.79 Å². The van der Waals surface area contributed by atoms with Crippen molar-refractivity contribution in [1.29, 1.82) is 0 Å². The van der Waals surface area contributed by atoms with Crippen molar-refractivity contribution < 1.29 is 23.1 Å². The fraction of sp³-hybridized carbons (Fsp3) is 0.267. The third kappa shape index (κ3) is 5.05. The lowest BCUT2D eigenvalue weighted by Crippen LogP contribution is -2.23. The second kappa shape index (κ2) is 7.34. The van der Waals surface area contributed by atoms with E-state index in [1.165, 1.54) is 31.2 Å². The summed E-state index contributed by atoms with van der Waals surface area (Å²) in [6, 6.07) is 5.92. The summed E-state index contributed by atoms with van der Waals surface area (Å²) < 4.78 is 38.9. The van der Waals surface area contributed by atoms with Crippen LogP contribution >= 0.6 is 0 Å². The summed E-state index contributed by atoms with van der Waals surface area (Å²) in [4.78, 5) is 19.3. The number of benzene rings is 1. The first-order valence-corrected chi connectivity index (χ1v) is 7.19. The van der Waals surface area contributed by atoms with E-state index in [1.807, 2.05) is 0 Å². The van der Waals surface area contributed by atoms with E-state index in [0.717, 1.165) is 0 Å². The molecule has 0 aliphatic heterocycles. The Kier molecular flexibility index (Phi) is 5.42. The third-order valence-corrected chi connectivity index (χ3v) is 3.08. The molecule has 0 saturated heterocycles. The standard InChI is InChI=1S/C15H16F3N5O2/c1-8(7-24)20-14-21-11(15(16,17)18)6-12(23-14)22-13(25)9-2-4-10(19)5-3-9/h2-6,8,24H,7,19H2,1H3,(H2,20,21,22,23,25)/t8-/m1/s1. The average Bonchev–Trinajstić information content (AvgIpc) is 2.54. The van der Waals surface area contributed by atoms with E-state index in [-0.39, 0.29) is 23.9 Å². The Morgan fingerprint density at radius 1 is 1.28 bits per heavy atom. The highest BCUT2D eigenvalue weighted by Crippen LogP contribution is 2.29. The lowest BCUT2D eigenvalue weighted by atomic mass is 10.2. The molecule has 1 atom stereocenters. The highest BCUT2D eigenvalue weighted by Gasteiger charge is 2.34. The monoisotopic (exact) mass is 355 g/mol.